The Morgan fingerprint density at radius 3 is 2.21 bits per heavy atom. The number of hydrazine groups is 1. The topological polar surface area (TPSA) is 118 Å². The lowest BCUT2D eigenvalue weighted by Gasteiger charge is -2.30. The smallest absolute Gasteiger partial charge is 0.273 e. The van der Waals surface area contributed by atoms with Crippen LogP contribution >= 0.6 is 0 Å². The summed E-state index contributed by atoms with van der Waals surface area (Å²) in [6.07, 6.45) is 2.58. The third-order valence-electron chi connectivity index (χ3n) is 7.35. The summed E-state index contributed by atoms with van der Waals surface area (Å²) in [5.74, 6) is -2.90. The van der Waals surface area contributed by atoms with Crippen LogP contribution in [0.25, 0.3) is 0 Å². The molecule has 0 radical (unpaired) electrons. The number of benzene rings is 2. The number of carbonyl (C=O) groups is 4. The number of nitro groups is 1. The van der Waals surface area contributed by atoms with Crippen molar-refractivity contribution in [2.24, 2.45) is 23.7 Å². The van der Waals surface area contributed by atoms with Gasteiger partial charge in [0.15, 0.2) is 5.78 Å². The van der Waals surface area contributed by atoms with Crippen LogP contribution in [0.2, 0.25) is 0 Å². The zero-order valence-electron chi connectivity index (χ0n) is 18.5. The van der Waals surface area contributed by atoms with E-state index in [0.29, 0.717) is 5.56 Å². The molecule has 0 spiro atoms. The Labute approximate surface area is 195 Å². The molecule has 1 aliphatic heterocycles. The van der Waals surface area contributed by atoms with E-state index in [4.69, 9.17) is 0 Å². The predicted octanol–water partition coefficient (Wildman–Crippen LogP) is 3.17. The highest BCUT2D eigenvalue weighted by atomic mass is 16.6. The van der Waals surface area contributed by atoms with Crippen LogP contribution in [0.3, 0.4) is 0 Å². The van der Waals surface area contributed by atoms with E-state index in [1.165, 1.54) is 18.2 Å². The van der Waals surface area contributed by atoms with E-state index < -0.39 is 46.8 Å². The normalized spacial score (nSPS) is 24.9. The van der Waals surface area contributed by atoms with Crippen LogP contribution in [0.1, 0.15) is 45.5 Å². The number of nitrogens with zero attached hydrogens (tertiary/aromatic N) is 3. The third kappa shape index (κ3) is 3.48. The van der Waals surface area contributed by atoms with Gasteiger partial charge in [-0.05, 0) is 44.1 Å². The van der Waals surface area contributed by atoms with Crippen LogP contribution in [0.15, 0.2) is 48.5 Å². The molecule has 2 bridgehead atoms. The number of ketones is 1. The lowest BCUT2D eigenvalue weighted by molar-refractivity contribution is -0.384. The van der Waals surface area contributed by atoms with Crippen molar-refractivity contribution in [1.29, 1.82) is 0 Å². The first kappa shape index (κ1) is 21.9. The second kappa shape index (κ2) is 8.16. The molecule has 2 aromatic rings. The van der Waals surface area contributed by atoms with Gasteiger partial charge in [-0.3, -0.25) is 29.3 Å². The predicted molar refractivity (Wildman–Crippen MR) is 119 cm³/mol. The van der Waals surface area contributed by atoms with Crippen molar-refractivity contribution in [3.8, 4) is 0 Å². The average Bonchev–Trinajstić information content (AvgIpc) is 3.51. The Balaban J connectivity index is 1.51. The van der Waals surface area contributed by atoms with Gasteiger partial charge >= 0.3 is 0 Å². The molecule has 3 amide bonds. The largest absolute Gasteiger partial charge is 0.292 e. The first-order valence-electron chi connectivity index (χ1n) is 11.3. The molecule has 1 heterocycles. The quantitative estimate of drug-likeness (QED) is 0.282. The van der Waals surface area contributed by atoms with Gasteiger partial charge in [0.2, 0.25) is 0 Å². The van der Waals surface area contributed by atoms with Crippen molar-refractivity contribution in [1.82, 2.24) is 10.0 Å². The van der Waals surface area contributed by atoms with Crippen molar-refractivity contribution < 1.29 is 24.1 Å². The minimum absolute atomic E-state index is 0.0773. The zero-order chi connectivity index (χ0) is 24.1. The monoisotopic (exact) mass is 461 g/mol. The van der Waals surface area contributed by atoms with E-state index in [1.807, 2.05) is 6.92 Å². The summed E-state index contributed by atoms with van der Waals surface area (Å²) >= 11 is 0. The Kier molecular flexibility index (Phi) is 5.27. The minimum atomic E-state index is -0.807. The molecule has 0 unspecified atom stereocenters. The van der Waals surface area contributed by atoms with Gasteiger partial charge in [0.05, 0.1) is 16.8 Å². The summed E-state index contributed by atoms with van der Waals surface area (Å²) in [5, 5.41) is 12.9. The summed E-state index contributed by atoms with van der Waals surface area (Å²) in [6.45, 7) is 1.35. The molecule has 3 fully saturated rings. The first-order chi connectivity index (χ1) is 16.3. The molecule has 3 aliphatic rings. The zero-order valence-corrected chi connectivity index (χ0v) is 18.5. The maximum atomic E-state index is 13.5. The lowest BCUT2D eigenvalue weighted by atomic mass is 9.81. The first-order valence-corrected chi connectivity index (χ1v) is 11.3. The van der Waals surface area contributed by atoms with E-state index >= 15 is 0 Å². The van der Waals surface area contributed by atoms with E-state index in [0.717, 1.165) is 40.9 Å². The number of aryl methyl sites for hydroxylation is 1. The number of fused-ring (bicyclic) bond motifs is 5. The van der Waals surface area contributed by atoms with Gasteiger partial charge in [-0.15, -0.1) is 0 Å². The van der Waals surface area contributed by atoms with E-state index in [9.17, 15) is 29.3 Å². The molecule has 9 heteroatoms. The Hall–Kier alpha value is -3.88. The van der Waals surface area contributed by atoms with E-state index in [2.05, 4.69) is 0 Å². The Morgan fingerprint density at radius 2 is 1.62 bits per heavy atom. The number of carbonyl (C=O) groups excluding carboxylic acids is 4. The van der Waals surface area contributed by atoms with Crippen LogP contribution in [0.4, 0.5) is 5.69 Å². The molecule has 9 nitrogen and oxygen atoms in total. The molecule has 2 aliphatic carbocycles. The Bertz CT molecular complexity index is 1200. The number of Topliss-reactive ketones (excluding diaryl/α,β-unsaturated/α-hetero) is 1. The lowest BCUT2D eigenvalue weighted by Crippen LogP contribution is -2.52. The summed E-state index contributed by atoms with van der Waals surface area (Å²) < 4.78 is 0. The minimum Gasteiger partial charge on any atom is -0.292 e. The number of non-ortho nitro benzene ring substituents is 1. The standard InChI is InChI=1S/C25H23N3O6/c1-14-5-7-15(8-6-14)20(29)13-26(23(30)18-3-2-4-19(12-18)28(33)34)27-24(31)21-16-9-10-17(11-16)22(21)25(27)32/h2-8,12,16-17,21-22H,9-11,13H2,1H3/t16-,17-,21-,22-/m0/s1. The number of amides is 3. The van der Waals surface area contributed by atoms with Crippen LogP contribution < -0.4 is 0 Å². The van der Waals surface area contributed by atoms with E-state index in [1.54, 1.807) is 24.3 Å². The average molecular weight is 461 g/mol. The van der Waals surface area contributed by atoms with Gasteiger partial charge in [-0.1, -0.05) is 35.9 Å². The Morgan fingerprint density at radius 1 is 1.00 bits per heavy atom. The van der Waals surface area contributed by atoms with Crippen LogP contribution in [-0.2, 0) is 9.59 Å². The van der Waals surface area contributed by atoms with Gasteiger partial charge in [0.1, 0.15) is 6.54 Å². The molecule has 4 atom stereocenters. The molecule has 174 valence electrons. The fourth-order valence-corrected chi connectivity index (χ4v) is 5.73. The van der Waals surface area contributed by atoms with Gasteiger partial charge in [0.25, 0.3) is 23.4 Å². The SMILES string of the molecule is Cc1ccc(C(=O)CN(C(=O)c2cccc([N+](=O)[O-])c2)N2C(=O)[C@H]3[C@H]4CC[C@@H](C4)[C@@H]3C2=O)cc1. The second-order valence-corrected chi connectivity index (χ2v) is 9.33. The van der Waals surface area contributed by atoms with Gasteiger partial charge in [-0.25, -0.2) is 5.01 Å². The number of hydrogen-bond acceptors (Lipinski definition) is 6. The second-order valence-electron chi connectivity index (χ2n) is 9.33. The maximum Gasteiger partial charge on any atom is 0.273 e. The molecule has 0 N–H and O–H groups in total. The fraction of sp³-hybridized carbons (Fsp3) is 0.360. The highest BCUT2D eigenvalue weighted by molar-refractivity contribution is 6.10. The fourth-order valence-electron chi connectivity index (χ4n) is 5.73. The van der Waals surface area contributed by atoms with Crippen molar-refractivity contribution in [2.45, 2.75) is 26.2 Å². The number of imide groups is 1. The molecule has 34 heavy (non-hydrogen) atoms. The van der Waals surface area contributed by atoms with Crippen molar-refractivity contribution >= 4 is 29.2 Å². The molecular formula is C25H23N3O6. The van der Waals surface area contributed by atoms with Crippen molar-refractivity contribution in [2.75, 3.05) is 6.54 Å². The van der Waals surface area contributed by atoms with Crippen LogP contribution in [0, 0.1) is 40.7 Å². The maximum absolute atomic E-state index is 13.5. The van der Waals surface area contributed by atoms with E-state index in [-0.39, 0.29) is 23.1 Å². The van der Waals surface area contributed by atoms with Crippen molar-refractivity contribution in [3.63, 3.8) is 0 Å². The van der Waals surface area contributed by atoms with Gasteiger partial charge in [-0.2, -0.15) is 5.01 Å². The highest BCUT2D eigenvalue weighted by Crippen LogP contribution is 2.56. The molecular weight excluding hydrogens is 438 g/mol. The summed E-state index contributed by atoms with van der Waals surface area (Å²) in [4.78, 5) is 64.0. The third-order valence-corrected chi connectivity index (χ3v) is 7.35. The molecule has 2 saturated carbocycles. The molecule has 5 rings (SSSR count). The number of hydrogen-bond donors (Lipinski definition) is 0. The van der Waals surface area contributed by atoms with Crippen molar-refractivity contribution in [3.05, 3.63) is 75.3 Å². The summed E-state index contributed by atoms with van der Waals surface area (Å²) in [6, 6.07) is 11.8. The van der Waals surface area contributed by atoms with Gasteiger partial charge in [0, 0.05) is 23.3 Å². The highest BCUT2D eigenvalue weighted by Gasteiger charge is 2.62. The van der Waals surface area contributed by atoms with Crippen LogP contribution in [-0.4, -0.2) is 45.0 Å². The molecule has 0 aromatic heterocycles. The summed E-state index contributed by atoms with van der Waals surface area (Å²) in [7, 11) is 0. The summed E-state index contributed by atoms with van der Waals surface area (Å²) in [5.41, 5.74) is 0.910. The molecule has 1 saturated heterocycles. The number of nitro benzene ring substituents is 1. The van der Waals surface area contributed by atoms with Gasteiger partial charge < -0.3 is 0 Å². The molecule has 2 aromatic carbocycles. The number of rotatable bonds is 6. The van der Waals surface area contributed by atoms with Crippen LogP contribution in [0.5, 0.6) is 0 Å².